The van der Waals surface area contributed by atoms with Crippen LogP contribution in [0.5, 0.6) is 23.0 Å². The van der Waals surface area contributed by atoms with E-state index in [-0.39, 0.29) is 0 Å². The molecule has 10 rings (SSSR count). The molecule has 0 bridgehead atoms. The van der Waals surface area contributed by atoms with E-state index in [1.165, 1.54) is 16.2 Å². The SMILES string of the molecule is Cc1ccc(N2c3ccc(-c4ccccc4)c4c3P3c5c(cc(-c6ccccc6)cc5Oc5c(-c6ccccc6)ccc2c53)O4)cc1. The summed E-state index contributed by atoms with van der Waals surface area (Å²) in [6.45, 7) is 2.14. The Morgan fingerprint density at radius 2 is 0.915 bits per heavy atom. The Kier molecular flexibility index (Phi) is 5.76. The average molecular weight is 622 g/mol. The van der Waals surface area contributed by atoms with Crippen molar-refractivity contribution in [1.29, 1.82) is 0 Å². The first-order chi connectivity index (χ1) is 23.2. The highest BCUT2D eigenvalue weighted by atomic mass is 31.1. The zero-order valence-electron chi connectivity index (χ0n) is 25.6. The third-order valence-corrected chi connectivity index (χ3v) is 12.1. The molecular weight excluding hydrogens is 593 g/mol. The van der Waals surface area contributed by atoms with Gasteiger partial charge >= 0.3 is 0 Å². The number of hydrogen-bond donors (Lipinski definition) is 0. The standard InChI is InChI=1S/C43H28NO2P/c1-27-17-19-32(20-18-27)44-35-23-21-33(29-13-7-3-8-14-29)39-41(35)47-42-36(44)24-22-34(30-15-9-4-10-16-30)40(42)46-38-26-31(25-37(45-39)43(38)47)28-11-5-2-6-12-28/h2-26H,1H3. The van der Waals surface area contributed by atoms with Crippen LogP contribution in [-0.2, 0) is 0 Å². The summed E-state index contributed by atoms with van der Waals surface area (Å²) in [5, 5.41) is 3.64. The summed E-state index contributed by atoms with van der Waals surface area (Å²) in [5.74, 6) is 3.62. The van der Waals surface area contributed by atoms with E-state index in [1.54, 1.807) is 0 Å². The van der Waals surface area contributed by atoms with E-state index < -0.39 is 7.92 Å². The van der Waals surface area contributed by atoms with E-state index in [0.29, 0.717) is 0 Å². The van der Waals surface area contributed by atoms with Crippen molar-refractivity contribution in [3.63, 3.8) is 0 Å². The van der Waals surface area contributed by atoms with Gasteiger partial charge in [0.2, 0.25) is 0 Å². The Morgan fingerprint density at radius 3 is 1.40 bits per heavy atom. The van der Waals surface area contributed by atoms with Gasteiger partial charge < -0.3 is 14.4 Å². The molecule has 47 heavy (non-hydrogen) atoms. The number of hydrogen-bond acceptors (Lipinski definition) is 3. The minimum absolute atomic E-state index is 0.875. The van der Waals surface area contributed by atoms with Crippen molar-refractivity contribution in [2.24, 2.45) is 0 Å². The number of ether oxygens (including phenoxy) is 2. The van der Waals surface area contributed by atoms with Gasteiger partial charge in [0.25, 0.3) is 0 Å². The van der Waals surface area contributed by atoms with Crippen LogP contribution in [0.25, 0.3) is 33.4 Å². The molecule has 0 unspecified atom stereocenters. The minimum atomic E-state index is -1.01. The van der Waals surface area contributed by atoms with Crippen LogP contribution in [0.1, 0.15) is 5.56 Å². The lowest BCUT2D eigenvalue weighted by Gasteiger charge is -2.45. The molecule has 0 atom stereocenters. The molecular formula is C43H28NO2P. The second-order valence-corrected chi connectivity index (χ2v) is 14.3. The number of rotatable bonds is 4. The van der Waals surface area contributed by atoms with Crippen molar-refractivity contribution in [3.8, 4) is 56.4 Å². The maximum absolute atomic E-state index is 7.12. The topological polar surface area (TPSA) is 21.7 Å². The fourth-order valence-electron chi connectivity index (χ4n) is 7.22. The Morgan fingerprint density at radius 1 is 0.447 bits per heavy atom. The zero-order valence-corrected chi connectivity index (χ0v) is 26.5. The molecule has 3 aliphatic rings. The van der Waals surface area contributed by atoms with Crippen LogP contribution in [-0.4, -0.2) is 0 Å². The molecule has 7 aromatic rings. The first-order valence-electron chi connectivity index (χ1n) is 15.9. The first-order valence-corrected chi connectivity index (χ1v) is 17.3. The van der Waals surface area contributed by atoms with Gasteiger partial charge in [0.15, 0.2) is 0 Å². The van der Waals surface area contributed by atoms with E-state index in [2.05, 4.69) is 163 Å². The summed E-state index contributed by atoms with van der Waals surface area (Å²) in [5.41, 5.74) is 11.4. The summed E-state index contributed by atoms with van der Waals surface area (Å²) >= 11 is 0. The normalized spacial score (nSPS) is 13.4. The molecule has 0 aromatic heterocycles. The van der Waals surface area contributed by atoms with Gasteiger partial charge in [-0.15, -0.1) is 0 Å². The van der Waals surface area contributed by atoms with Crippen LogP contribution in [0, 0.1) is 6.92 Å². The monoisotopic (exact) mass is 621 g/mol. The smallest absolute Gasteiger partial charge is 0.145 e. The van der Waals surface area contributed by atoms with Crippen LogP contribution < -0.4 is 30.3 Å². The first kappa shape index (κ1) is 26.6. The molecule has 0 aliphatic carbocycles. The zero-order chi connectivity index (χ0) is 31.1. The predicted molar refractivity (Wildman–Crippen MR) is 195 cm³/mol. The van der Waals surface area contributed by atoms with Crippen LogP contribution in [0.15, 0.2) is 152 Å². The highest BCUT2D eigenvalue weighted by Gasteiger charge is 2.46. The number of aryl methyl sites for hydroxylation is 1. The average Bonchev–Trinajstić information content (AvgIpc) is 3.13. The molecule has 7 aromatic carbocycles. The van der Waals surface area contributed by atoms with Crippen LogP contribution in [0.2, 0.25) is 0 Å². The van der Waals surface area contributed by atoms with Gasteiger partial charge in [0.05, 0.1) is 27.3 Å². The highest BCUT2D eigenvalue weighted by Crippen LogP contribution is 2.63. The van der Waals surface area contributed by atoms with Crippen molar-refractivity contribution < 1.29 is 9.47 Å². The molecule has 0 N–H and O–H groups in total. The van der Waals surface area contributed by atoms with Gasteiger partial charge in [0, 0.05) is 24.7 Å². The van der Waals surface area contributed by atoms with Crippen LogP contribution in [0.3, 0.4) is 0 Å². The lowest BCUT2D eigenvalue weighted by Crippen LogP contribution is -2.40. The quantitative estimate of drug-likeness (QED) is 0.183. The molecule has 222 valence electrons. The molecule has 3 aliphatic heterocycles. The summed E-state index contributed by atoms with van der Waals surface area (Å²) in [7, 11) is -1.01. The fourth-order valence-corrected chi connectivity index (χ4v) is 10.1. The van der Waals surface area contributed by atoms with Crippen molar-refractivity contribution in [3.05, 3.63) is 157 Å². The number of nitrogens with zero attached hydrogens (tertiary/aromatic N) is 1. The maximum atomic E-state index is 7.12. The lowest BCUT2D eigenvalue weighted by atomic mass is 10.0. The van der Waals surface area contributed by atoms with E-state index in [0.717, 1.165) is 78.7 Å². The second kappa shape index (κ2) is 10.2. The van der Waals surface area contributed by atoms with E-state index in [9.17, 15) is 0 Å². The number of anilines is 3. The summed E-state index contributed by atoms with van der Waals surface area (Å²) < 4.78 is 14.2. The summed E-state index contributed by atoms with van der Waals surface area (Å²) in [6, 6.07) is 54.0. The minimum Gasteiger partial charge on any atom is -0.455 e. The van der Waals surface area contributed by atoms with Crippen LogP contribution in [0.4, 0.5) is 17.1 Å². The van der Waals surface area contributed by atoms with E-state index in [4.69, 9.17) is 9.47 Å². The molecule has 4 heteroatoms. The van der Waals surface area contributed by atoms with Crippen LogP contribution >= 0.6 is 7.92 Å². The van der Waals surface area contributed by atoms with Crippen molar-refractivity contribution in [2.75, 3.05) is 4.90 Å². The third kappa shape index (κ3) is 3.97. The lowest BCUT2D eigenvalue weighted by molar-refractivity contribution is 0.468. The fraction of sp³-hybridized carbons (Fsp3) is 0.0233. The maximum Gasteiger partial charge on any atom is 0.145 e. The molecule has 0 saturated heterocycles. The molecule has 0 amide bonds. The summed E-state index contributed by atoms with van der Waals surface area (Å²) in [6.07, 6.45) is 0. The van der Waals surface area contributed by atoms with Gasteiger partial charge in [0.1, 0.15) is 23.0 Å². The van der Waals surface area contributed by atoms with Gasteiger partial charge in [-0.05, 0) is 77.7 Å². The Balaban J connectivity index is 1.32. The molecule has 0 saturated carbocycles. The Labute approximate surface area is 275 Å². The summed E-state index contributed by atoms with van der Waals surface area (Å²) in [4.78, 5) is 2.40. The van der Waals surface area contributed by atoms with Gasteiger partial charge in [-0.1, -0.05) is 109 Å². The molecule has 0 fully saturated rings. The van der Waals surface area contributed by atoms with Gasteiger partial charge in [-0.3, -0.25) is 0 Å². The molecule has 0 spiro atoms. The highest BCUT2D eigenvalue weighted by molar-refractivity contribution is 7.81. The van der Waals surface area contributed by atoms with E-state index in [1.807, 2.05) is 0 Å². The predicted octanol–water partition coefficient (Wildman–Crippen LogP) is 10.7. The molecule has 3 heterocycles. The second-order valence-electron chi connectivity index (χ2n) is 12.2. The van der Waals surface area contributed by atoms with E-state index >= 15 is 0 Å². The third-order valence-electron chi connectivity index (χ3n) is 9.41. The largest absolute Gasteiger partial charge is 0.455 e. The molecule has 0 radical (unpaired) electrons. The number of benzene rings is 7. The van der Waals surface area contributed by atoms with Crippen molar-refractivity contribution in [1.82, 2.24) is 0 Å². The van der Waals surface area contributed by atoms with Crippen molar-refractivity contribution in [2.45, 2.75) is 6.92 Å². The van der Waals surface area contributed by atoms with Gasteiger partial charge in [-0.2, -0.15) is 0 Å². The van der Waals surface area contributed by atoms with Gasteiger partial charge in [-0.25, -0.2) is 0 Å². The Bertz CT molecular complexity index is 2230. The van der Waals surface area contributed by atoms with Crippen molar-refractivity contribution >= 4 is 40.9 Å². The Hall–Kier alpha value is -5.63. The molecule has 3 nitrogen and oxygen atoms in total.